The first-order valence-electron chi connectivity index (χ1n) is 2.61. The summed E-state index contributed by atoms with van der Waals surface area (Å²) in [4.78, 5) is 0. The van der Waals surface area contributed by atoms with Gasteiger partial charge in [0.15, 0.2) is 0 Å². The summed E-state index contributed by atoms with van der Waals surface area (Å²) in [7, 11) is 0. The molecular weight excluding hydrogens is 130 g/mol. The minimum atomic E-state index is -2.48. The number of hydrogen-bond donors (Lipinski definition) is 1. The van der Waals surface area contributed by atoms with Crippen molar-refractivity contribution >= 4 is 12.6 Å². The molecule has 0 aliphatic carbocycles. The predicted octanol–water partition coefficient (Wildman–Crippen LogP) is 2.35. The summed E-state index contributed by atoms with van der Waals surface area (Å²) in [6.45, 7) is 1.48. The molecule has 8 heavy (non-hydrogen) atoms. The van der Waals surface area contributed by atoms with E-state index in [1.54, 1.807) is 0 Å². The van der Waals surface area contributed by atoms with Gasteiger partial charge in [0.25, 0.3) is 0 Å². The van der Waals surface area contributed by atoms with Gasteiger partial charge >= 0.3 is 0 Å². The molecule has 0 spiro atoms. The minimum Gasteiger partial charge on any atom is -0.207 e. The van der Waals surface area contributed by atoms with Gasteiger partial charge in [-0.1, -0.05) is 6.92 Å². The third-order valence-electron chi connectivity index (χ3n) is 0.995. The molecule has 0 N–H and O–H groups in total. The van der Waals surface area contributed by atoms with Crippen LogP contribution in [0.5, 0.6) is 0 Å². The first kappa shape index (κ1) is 8.21. The van der Waals surface area contributed by atoms with Crippen LogP contribution < -0.4 is 0 Å². The molecule has 0 unspecified atom stereocenters. The van der Waals surface area contributed by atoms with Crippen LogP contribution >= 0.6 is 12.6 Å². The Morgan fingerprint density at radius 2 is 2.00 bits per heavy atom. The number of halogens is 2. The average Bonchev–Trinajstić information content (AvgIpc) is 1.67. The largest absolute Gasteiger partial charge is 0.248 e. The van der Waals surface area contributed by atoms with Gasteiger partial charge in [-0.15, -0.1) is 0 Å². The molecule has 0 atom stereocenters. The third-order valence-corrected chi connectivity index (χ3v) is 1.22. The van der Waals surface area contributed by atoms with Crippen LogP contribution in [0, 0.1) is 0 Å². The molecule has 0 aromatic heterocycles. The summed E-state index contributed by atoms with van der Waals surface area (Å²) in [5.41, 5.74) is 0. The molecule has 3 heteroatoms. The van der Waals surface area contributed by atoms with Crippen molar-refractivity contribution in [3.8, 4) is 0 Å². The second-order valence-electron chi connectivity index (χ2n) is 1.68. The summed E-state index contributed by atoms with van der Waals surface area (Å²) in [6.07, 6.45) is -0.180. The number of hydrogen-bond acceptors (Lipinski definition) is 1. The van der Waals surface area contributed by atoms with E-state index in [0.717, 1.165) is 0 Å². The molecule has 0 rings (SSSR count). The summed E-state index contributed by atoms with van der Waals surface area (Å²) in [5, 5.41) is 0. The fourth-order valence-corrected chi connectivity index (χ4v) is 0.667. The van der Waals surface area contributed by atoms with Gasteiger partial charge in [-0.2, -0.15) is 12.6 Å². The fraction of sp³-hybridized carbons (Fsp3) is 1.00. The number of rotatable bonds is 3. The van der Waals surface area contributed by atoms with Crippen molar-refractivity contribution in [3.63, 3.8) is 0 Å². The van der Waals surface area contributed by atoms with Gasteiger partial charge in [0.1, 0.15) is 0 Å². The maximum Gasteiger partial charge on any atom is 0.248 e. The molecule has 0 aromatic rings. The van der Waals surface area contributed by atoms with E-state index in [-0.39, 0.29) is 18.6 Å². The quantitative estimate of drug-likeness (QED) is 0.571. The Bertz CT molecular complexity index is 63.4. The zero-order valence-corrected chi connectivity index (χ0v) is 5.72. The molecule has 0 bridgehead atoms. The Morgan fingerprint density at radius 1 is 1.50 bits per heavy atom. The van der Waals surface area contributed by atoms with Gasteiger partial charge in [-0.25, -0.2) is 8.78 Å². The SMILES string of the molecule is CCC(F)(F)CCS. The lowest BCUT2D eigenvalue weighted by molar-refractivity contribution is -0.00515. The van der Waals surface area contributed by atoms with Crippen LogP contribution in [0.3, 0.4) is 0 Å². The average molecular weight is 140 g/mol. The fourth-order valence-electron chi connectivity index (χ4n) is 0.340. The van der Waals surface area contributed by atoms with Gasteiger partial charge < -0.3 is 0 Å². The lowest BCUT2D eigenvalue weighted by atomic mass is 10.2. The van der Waals surface area contributed by atoms with Crippen LogP contribution in [0.4, 0.5) is 8.78 Å². The van der Waals surface area contributed by atoms with E-state index in [1.165, 1.54) is 6.92 Å². The molecule has 0 saturated carbocycles. The molecule has 0 radical (unpaired) electrons. The van der Waals surface area contributed by atoms with E-state index in [0.29, 0.717) is 0 Å². The van der Waals surface area contributed by atoms with Crippen molar-refractivity contribution in [2.45, 2.75) is 25.7 Å². The Kier molecular flexibility index (Phi) is 3.36. The van der Waals surface area contributed by atoms with E-state index in [9.17, 15) is 8.78 Å². The van der Waals surface area contributed by atoms with Crippen LogP contribution in [0.2, 0.25) is 0 Å². The molecule has 0 aliphatic heterocycles. The first-order chi connectivity index (χ1) is 3.62. The Morgan fingerprint density at radius 3 is 2.12 bits per heavy atom. The standard InChI is InChI=1S/C5H10F2S/c1-2-5(6,7)3-4-8/h8H,2-4H2,1H3. The van der Waals surface area contributed by atoms with E-state index in [2.05, 4.69) is 12.6 Å². The molecular formula is C5H10F2S. The zero-order valence-electron chi connectivity index (χ0n) is 4.82. The maximum absolute atomic E-state index is 12.1. The van der Waals surface area contributed by atoms with Crippen molar-refractivity contribution < 1.29 is 8.78 Å². The van der Waals surface area contributed by atoms with E-state index in [1.807, 2.05) is 0 Å². The van der Waals surface area contributed by atoms with Crippen LogP contribution in [0.25, 0.3) is 0 Å². The highest BCUT2D eigenvalue weighted by Gasteiger charge is 2.23. The molecule has 0 aliphatic rings. The highest BCUT2D eigenvalue weighted by Crippen LogP contribution is 2.21. The van der Waals surface area contributed by atoms with Crippen molar-refractivity contribution in [3.05, 3.63) is 0 Å². The summed E-state index contributed by atoms with van der Waals surface area (Å²) < 4.78 is 24.2. The highest BCUT2D eigenvalue weighted by atomic mass is 32.1. The highest BCUT2D eigenvalue weighted by molar-refractivity contribution is 7.80. The van der Waals surface area contributed by atoms with Gasteiger partial charge in [0.2, 0.25) is 5.92 Å². The molecule has 0 heterocycles. The second kappa shape index (κ2) is 3.28. The number of thiol groups is 1. The summed E-state index contributed by atoms with van der Waals surface area (Å²) >= 11 is 3.69. The molecule has 50 valence electrons. The van der Waals surface area contributed by atoms with Crippen LogP contribution in [-0.2, 0) is 0 Å². The monoisotopic (exact) mass is 140 g/mol. The minimum absolute atomic E-state index is 0.0758. The lowest BCUT2D eigenvalue weighted by Gasteiger charge is -2.10. The Labute approximate surface area is 53.7 Å². The number of alkyl halides is 2. The summed E-state index contributed by atoms with van der Waals surface area (Å²) in [5.74, 6) is -2.22. The topological polar surface area (TPSA) is 0 Å². The zero-order chi connectivity index (χ0) is 6.62. The van der Waals surface area contributed by atoms with Crippen molar-refractivity contribution in [2.24, 2.45) is 0 Å². The van der Waals surface area contributed by atoms with Crippen LogP contribution in [-0.4, -0.2) is 11.7 Å². The normalized spacial score (nSPS) is 12.0. The Balaban J connectivity index is 3.37. The van der Waals surface area contributed by atoms with E-state index in [4.69, 9.17) is 0 Å². The molecule has 0 aromatic carbocycles. The summed E-state index contributed by atoms with van der Waals surface area (Å²) in [6, 6.07) is 0. The van der Waals surface area contributed by atoms with Gasteiger partial charge in [-0.3, -0.25) is 0 Å². The van der Waals surface area contributed by atoms with Crippen LogP contribution in [0.1, 0.15) is 19.8 Å². The van der Waals surface area contributed by atoms with E-state index >= 15 is 0 Å². The molecule has 0 fully saturated rings. The van der Waals surface area contributed by atoms with Crippen molar-refractivity contribution in [2.75, 3.05) is 5.75 Å². The third kappa shape index (κ3) is 3.24. The van der Waals surface area contributed by atoms with E-state index < -0.39 is 5.92 Å². The second-order valence-corrected chi connectivity index (χ2v) is 2.13. The Hall–Kier alpha value is 0.210. The maximum atomic E-state index is 12.1. The molecule has 0 saturated heterocycles. The van der Waals surface area contributed by atoms with Crippen molar-refractivity contribution in [1.29, 1.82) is 0 Å². The molecule has 0 amide bonds. The van der Waals surface area contributed by atoms with Crippen molar-refractivity contribution in [1.82, 2.24) is 0 Å². The predicted molar refractivity (Wildman–Crippen MR) is 33.7 cm³/mol. The van der Waals surface area contributed by atoms with Crippen LogP contribution in [0.15, 0.2) is 0 Å². The lowest BCUT2D eigenvalue weighted by Crippen LogP contribution is -2.14. The van der Waals surface area contributed by atoms with Gasteiger partial charge in [0.05, 0.1) is 0 Å². The smallest absolute Gasteiger partial charge is 0.207 e. The first-order valence-corrected chi connectivity index (χ1v) is 3.24. The molecule has 0 nitrogen and oxygen atoms in total. The van der Waals surface area contributed by atoms with Gasteiger partial charge in [-0.05, 0) is 5.75 Å². The van der Waals surface area contributed by atoms with Gasteiger partial charge in [0, 0.05) is 12.8 Å².